The third-order valence-corrected chi connectivity index (χ3v) is 4.78. The zero-order chi connectivity index (χ0) is 13.9. The van der Waals surface area contributed by atoms with Gasteiger partial charge in [-0.3, -0.25) is 10.1 Å². The van der Waals surface area contributed by atoms with Gasteiger partial charge in [-0.25, -0.2) is 4.98 Å². The zero-order valence-corrected chi connectivity index (χ0v) is 12.4. The van der Waals surface area contributed by atoms with E-state index < -0.39 is 0 Å². The fraction of sp³-hybridized carbons (Fsp3) is 0.375. The maximum absolute atomic E-state index is 12.3. The summed E-state index contributed by atoms with van der Waals surface area (Å²) in [7, 11) is 0. The van der Waals surface area contributed by atoms with Crippen LogP contribution in [0.3, 0.4) is 0 Å². The molecule has 0 saturated heterocycles. The van der Waals surface area contributed by atoms with Gasteiger partial charge in [0.1, 0.15) is 0 Å². The van der Waals surface area contributed by atoms with Gasteiger partial charge in [-0.05, 0) is 44.2 Å². The average molecular weight is 286 g/mol. The smallest absolute Gasteiger partial charge is 0.257 e. The van der Waals surface area contributed by atoms with Crippen LogP contribution in [0.5, 0.6) is 0 Å². The second-order valence-corrected chi connectivity index (χ2v) is 6.30. The summed E-state index contributed by atoms with van der Waals surface area (Å²) in [6.07, 6.45) is 5.88. The maximum atomic E-state index is 12.3. The molecule has 1 aliphatic rings. The van der Waals surface area contributed by atoms with Crippen LogP contribution in [-0.2, 0) is 12.8 Å². The van der Waals surface area contributed by atoms with Gasteiger partial charge < -0.3 is 0 Å². The van der Waals surface area contributed by atoms with Crippen molar-refractivity contribution in [3.8, 4) is 0 Å². The molecule has 1 N–H and O–H groups in total. The Labute approximate surface area is 123 Å². The predicted octanol–water partition coefficient (Wildman–Crippen LogP) is 3.97. The molecular weight excluding hydrogens is 268 g/mol. The van der Waals surface area contributed by atoms with E-state index in [-0.39, 0.29) is 5.91 Å². The molecule has 0 spiro atoms. The second kappa shape index (κ2) is 5.75. The molecule has 0 atom stereocenters. The molecule has 1 heterocycles. The van der Waals surface area contributed by atoms with Crippen molar-refractivity contribution in [1.82, 2.24) is 4.98 Å². The number of thiazole rings is 1. The fourth-order valence-corrected chi connectivity index (χ4v) is 3.62. The van der Waals surface area contributed by atoms with E-state index >= 15 is 0 Å². The highest BCUT2D eigenvalue weighted by Gasteiger charge is 2.16. The lowest BCUT2D eigenvalue weighted by atomic mass is 10.1. The Morgan fingerprint density at radius 2 is 2.00 bits per heavy atom. The molecule has 4 heteroatoms. The van der Waals surface area contributed by atoms with E-state index in [9.17, 15) is 4.79 Å². The van der Waals surface area contributed by atoms with Gasteiger partial charge in [0, 0.05) is 10.4 Å². The van der Waals surface area contributed by atoms with Crippen LogP contribution in [0, 0.1) is 6.92 Å². The summed E-state index contributed by atoms with van der Waals surface area (Å²) in [5.74, 6) is -0.0630. The number of fused-ring (bicyclic) bond motifs is 1. The Balaban J connectivity index is 1.78. The highest BCUT2D eigenvalue weighted by molar-refractivity contribution is 7.15. The van der Waals surface area contributed by atoms with Gasteiger partial charge in [0.25, 0.3) is 5.91 Å². The number of carbonyl (C=O) groups is 1. The largest absolute Gasteiger partial charge is 0.298 e. The van der Waals surface area contributed by atoms with Gasteiger partial charge in [0.05, 0.1) is 5.69 Å². The Morgan fingerprint density at radius 1 is 1.20 bits per heavy atom. The first kappa shape index (κ1) is 13.3. The van der Waals surface area contributed by atoms with Crippen molar-refractivity contribution >= 4 is 22.4 Å². The number of anilines is 1. The molecule has 2 aromatic rings. The van der Waals surface area contributed by atoms with Crippen molar-refractivity contribution < 1.29 is 4.79 Å². The van der Waals surface area contributed by atoms with Crippen LogP contribution >= 0.6 is 11.3 Å². The monoisotopic (exact) mass is 286 g/mol. The van der Waals surface area contributed by atoms with E-state index in [2.05, 4.69) is 10.3 Å². The van der Waals surface area contributed by atoms with Gasteiger partial charge in [-0.2, -0.15) is 0 Å². The molecule has 1 aliphatic carbocycles. The van der Waals surface area contributed by atoms with Crippen molar-refractivity contribution in [3.63, 3.8) is 0 Å². The first-order valence-corrected chi connectivity index (χ1v) is 7.91. The number of amides is 1. The Bertz CT molecular complexity index is 610. The van der Waals surface area contributed by atoms with Crippen LogP contribution in [-0.4, -0.2) is 10.9 Å². The number of benzene rings is 1. The molecule has 0 bridgehead atoms. The van der Waals surface area contributed by atoms with E-state index in [0.717, 1.165) is 29.1 Å². The summed E-state index contributed by atoms with van der Waals surface area (Å²) in [6.45, 7) is 1.95. The minimum absolute atomic E-state index is 0.0630. The van der Waals surface area contributed by atoms with E-state index in [1.807, 2.05) is 31.2 Å². The quantitative estimate of drug-likeness (QED) is 0.849. The fourth-order valence-electron chi connectivity index (χ4n) is 2.57. The second-order valence-electron chi connectivity index (χ2n) is 5.22. The third-order valence-electron chi connectivity index (χ3n) is 3.71. The third kappa shape index (κ3) is 2.75. The molecule has 104 valence electrons. The summed E-state index contributed by atoms with van der Waals surface area (Å²) in [6, 6.07) is 7.63. The average Bonchev–Trinajstić information content (AvgIpc) is 2.68. The van der Waals surface area contributed by atoms with Crippen molar-refractivity contribution in [2.45, 2.75) is 39.0 Å². The SMILES string of the molecule is Cc1ccccc1C(=O)Nc1nc2c(s1)CCCCC2. The number of carbonyl (C=O) groups excluding carboxylic acids is 1. The Morgan fingerprint density at radius 3 is 2.85 bits per heavy atom. The highest BCUT2D eigenvalue weighted by atomic mass is 32.1. The van der Waals surface area contributed by atoms with Gasteiger partial charge in [0.2, 0.25) is 0 Å². The lowest BCUT2D eigenvalue weighted by Gasteiger charge is -2.04. The minimum atomic E-state index is -0.0630. The van der Waals surface area contributed by atoms with E-state index in [1.165, 1.54) is 29.8 Å². The topological polar surface area (TPSA) is 42.0 Å². The molecule has 0 aliphatic heterocycles. The number of hydrogen-bond donors (Lipinski definition) is 1. The molecular formula is C16H18N2OS. The molecule has 1 aromatic carbocycles. The lowest BCUT2D eigenvalue weighted by Crippen LogP contribution is -2.13. The summed E-state index contributed by atoms with van der Waals surface area (Å²) in [5.41, 5.74) is 2.90. The molecule has 1 aromatic heterocycles. The van der Waals surface area contributed by atoms with Crippen LogP contribution in [0.2, 0.25) is 0 Å². The number of aromatic nitrogens is 1. The first-order valence-electron chi connectivity index (χ1n) is 7.09. The van der Waals surface area contributed by atoms with E-state index in [4.69, 9.17) is 0 Å². The minimum Gasteiger partial charge on any atom is -0.298 e. The summed E-state index contributed by atoms with van der Waals surface area (Å²) in [4.78, 5) is 18.2. The number of hydrogen-bond acceptors (Lipinski definition) is 3. The Kier molecular flexibility index (Phi) is 3.83. The first-order chi connectivity index (χ1) is 9.74. The molecule has 0 radical (unpaired) electrons. The van der Waals surface area contributed by atoms with Crippen molar-refractivity contribution in [1.29, 1.82) is 0 Å². The summed E-state index contributed by atoms with van der Waals surface area (Å²) < 4.78 is 0. The zero-order valence-electron chi connectivity index (χ0n) is 11.6. The van der Waals surface area contributed by atoms with Crippen LogP contribution in [0.25, 0.3) is 0 Å². The normalized spacial score (nSPS) is 14.4. The number of nitrogens with one attached hydrogen (secondary N) is 1. The number of rotatable bonds is 2. The van der Waals surface area contributed by atoms with Crippen LogP contribution < -0.4 is 5.32 Å². The van der Waals surface area contributed by atoms with Gasteiger partial charge in [0.15, 0.2) is 5.13 Å². The Hall–Kier alpha value is -1.68. The van der Waals surface area contributed by atoms with Crippen molar-refractivity contribution in [3.05, 3.63) is 46.0 Å². The maximum Gasteiger partial charge on any atom is 0.257 e. The van der Waals surface area contributed by atoms with Crippen LogP contribution in [0.1, 0.15) is 45.8 Å². The van der Waals surface area contributed by atoms with Crippen LogP contribution in [0.15, 0.2) is 24.3 Å². The van der Waals surface area contributed by atoms with Gasteiger partial charge in [-0.1, -0.05) is 24.6 Å². The summed E-state index contributed by atoms with van der Waals surface area (Å²) in [5, 5.41) is 3.69. The molecule has 0 unspecified atom stereocenters. The van der Waals surface area contributed by atoms with Gasteiger partial charge >= 0.3 is 0 Å². The van der Waals surface area contributed by atoms with E-state index in [0.29, 0.717) is 0 Å². The number of nitrogens with zero attached hydrogens (tertiary/aromatic N) is 1. The number of aryl methyl sites for hydroxylation is 3. The molecule has 3 nitrogen and oxygen atoms in total. The molecule has 0 fully saturated rings. The van der Waals surface area contributed by atoms with Gasteiger partial charge in [-0.15, -0.1) is 11.3 Å². The molecule has 1 amide bonds. The summed E-state index contributed by atoms with van der Waals surface area (Å²) >= 11 is 1.63. The van der Waals surface area contributed by atoms with Crippen molar-refractivity contribution in [2.24, 2.45) is 0 Å². The molecule has 20 heavy (non-hydrogen) atoms. The molecule has 0 saturated carbocycles. The molecule has 3 rings (SSSR count). The lowest BCUT2D eigenvalue weighted by molar-refractivity contribution is 0.102. The highest BCUT2D eigenvalue weighted by Crippen LogP contribution is 2.29. The predicted molar refractivity (Wildman–Crippen MR) is 82.5 cm³/mol. The van der Waals surface area contributed by atoms with Crippen LogP contribution in [0.4, 0.5) is 5.13 Å². The van der Waals surface area contributed by atoms with E-state index in [1.54, 1.807) is 11.3 Å². The standard InChI is InChI=1S/C16H18N2OS/c1-11-7-5-6-8-12(11)15(19)18-16-17-13-9-3-2-4-10-14(13)20-16/h5-8H,2-4,9-10H2,1H3,(H,17,18,19). The van der Waals surface area contributed by atoms with Crippen molar-refractivity contribution in [2.75, 3.05) is 5.32 Å².